The topological polar surface area (TPSA) is 78.7 Å². The molecule has 3 heterocycles. The van der Waals surface area contributed by atoms with Crippen molar-refractivity contribution >= 4 is 11.8 Å². The summed E-state index contributed by atoms with van der Waals surface area (Å²) < 4.78 is 5.76. The number of aromatic nitrogens is 1. The molecule has 2 amide bonds. The molecule has 1 N–H and O–H groups in total. The maximum absolute atomic E-state index is 12.8. The lowest BCUT2D eigenvalue weighted by atomic mass is 10.0. The van der Waals surface area contributed by atoms with Crippen molar-refractivity contribution in [1.29, 1.82) is 0 Å². The number of nitrogens with zero attached hydrogens (tertiary/aromatic N) is 3. The predicted octanol–water partition coefficient (Wildman–Crippen LogP) is 1.55. The summed E-state index contributed by atoms with van der Waals surface area (Å²) in [5.41, 5.74) is 1.11. The van der Waals surface area contributed by atoms with Crippen LogP contribution in [0.5, 0.6) is 0 Å². The Balaban J connectivity index is 1.63. The highest BCUT2D eigenvalue weighted by Crippen LogP contribution is 2.29. The minimum atomic E-state index is -0.137. The first-order chi connectivity index (χ1) is 12.9. The molecule has 0 saturated carbocycles. The van der Waals surface area contributed by atoms with Gasteiger partial charge in [0.25, 0.3) is 0 Å². The molecule has 3 rings (SSSR count). The smallest absolute Gasteiger partial charge is 0.236 e. The maximum atomic E-state index is 12.8. The third-order valence-electron chi connectivity index (χ3n) is 4.79. The fourth-order valence-corrected chi connectivity index (χ4v) is 3.54. The number of carbonyl (C=O) groups excluding carboxylic acids is 2. The van der Waals surface area contributed by atoms with Gasteiger partial charge in [0.15, 0.2) is 0 Å². The molecule has 1 aliphatic heterocycles. The van der Waals surface area contributed by atoms with E-state index in [1.54, 1.807) is 12.4 Å². The summed E-state index contributed by atoms with van der Waals surface area (Å²) in [6, 6.07) is 7.59. The molecule has 0 radical (unpaired) electrons. The van der Waals surface area contributed by atoms with E-state index >= 15 is 0 Å². The Bertz CT molecular complexity index is 790. The van der Waals surface area contributed by atoms with Gasteiger partial charge in [-0.15, -0.1) is 0 Å². The number of hydrogen-bond donors (Lipinski definition) is 1. The summed E-state index contributed by atoms with van der Waals surface area (Å²) in [5.74, 6) is 1.56. The van der Waals surface area contributed by atoms with Crippen molar-refractivity contribution < 1.29 is 14.0 Å². The second-order valence-corrected chi connectivity index (χ2v) is 7.19. The van der Waals surface area contributed by atoms with E-state index in [1.165, 1.54) is 6.92 Å². The van der Waals surface area contributed by atoms with Crippen LogP contribution in [0, 0.1) is 6.92 Å². The van der Waals surface area contributed by atoms with E-state index in [4.69, 9.17) is 4.42 Å². The minimum Gasteiger partial charge on any atom is -0.466 e. The molecule has 0 spiro atoms. The number of likely N-dealkylation sites (tertiary alicyclic amines) is 1. The molecule has 144 valence electrons. The first kappa shape index (κ1) is 19.1. The molecule has 2 unspecified atom stereocenters. The zero-order valence-corrected chi connectivity index (χ0v) is 16.0. The molecule has 2 atom stereocenters. The fraction of sp³-hybridized carbons (Fsp3) is 0.450. The Morgan fingerprint density at radius 3 is 2.63 bits per heavy atom. The van der Waals surface area contributed by atoms with Gasteiger partial charge in [-0.3, -0.25) is 19.5 Å². The number of hydrogen-bond acceptors (Lipinski definition) is 5. The lowest BCUT2D eigenvalue weighted by Gasteiger charge is -2.21. The van der Waals surface area contributed by atoms with Crippen molar-refractivity contribution in [3.8, 4) is 0 Å². The van der Waals surface area contributed by atoms with Gasteiger partial charge in [0.2, 0.25) is 11.8 Å². The van der Waals surface area contributed by atoms with Gasteiger partial charge in [-0.05, 0) is 43.8 Å². The summed E-state index contributed by atoms with van der Waals surface area (Å²) >= 11 is 0. The normalized spacial score (nSPS) is 19.5. The van der Waals surface area contributed by atoms with E-state index < -0.39 is 0 Å². The number of carbonyl (C=O) groups is 2. The monoisotopic (exact) mass is 370 g/mol. The predicted molar refractivity (Wildman–Crippen MR) is 101 cm³/mol. The van der Waals surface area contributed by atoms with Crippen LogP contribution >= 0.6 is 0 Å². The Morgan fingerprint density at radius 1 is 1.26 bits per heavy atom. The van der Waals surface area contributed by atoms with Crippen molar-refractivity contribution in [2.24, 2.45) is 0 Å². The van der Waals surface area contributed by atoms with Crippen molar-refractivity contribution in [3.05, 3.63) is 53.7 Å². The molecular weight excluding hydrogens is 344 g/mol. The SMILES string of the molecule is CC(=O)NC1CN(C(=O)CN(C)Cc2ccncc2)CC1c1ccc(C)o1. The Labute approximate surface area is 159 Å². The van der Waals surface area contributed by atoms with Gasteiger partial charge in [-0.1, -0.05) is 0 Å². The Hall–Kier alpha value is -2.67. The number of pyridine rings is 1. The molecule has 1 aliphatic rings. The molecule has 0 aliphatic carbocycles. The summed E-state index contributed by atoms with van der Waals surface area (Å²) in [5, 5.41) is 2.96. The second kappa shape index (κ2) is 8.35. The molecule has 27 heavy (non-hydrogen) atoms. The second-order valence-electron chi connectivity index (χ2n) is 7.19. The third-order valence-corrected chi connectivity index (χ3v) is 4.79. The highest BCUT2D eigenvalue weighted by Gasteiger charge is 2.38. The Kier molecular flexibility index (Phi) is 5.91. The lowest BCUT2D eigenvalue weighted by Crippen LogP contribution is -2.41. The van der Waals surface area contributed by atoms with Crippen LogP contribution in [0.2, 0.25) is 0 Å². The molecule has 0 bridgehead atoms. The van der Waals surface area contributed by atoms with Gasteiger partial charge in [-0.25, -0.2) is 0 Å². The number of rotatable bonds is 6. The lowest BCUT2D eigenvalue weighted by molar-refractivity contribution is -0.131. The van der Waals surface area contributed by atoms with Crippen molar-refractivity contribution in [2.45, 2.75) is 32.4 Å². The van der Waals surface area contributed by atoms with E-state index in [-0.39, 0.29) is 23.8 Å². The molecule has 0 aromatic carbocycles. The molecule has 2 aromatic heterocycles. The molecular formula is C20H26N4O3. The van der Waals surface area contributed by atoms with E-state index in [0.29, 0.717) is 26.2 Å². The van der Waals surface area contributed by atoms with Crippen molar-refractivity contribution in [3.63, 3.8) is 0 Å². The zero-order valence-electron chi connectivity index (χ0n) is 16.0. The van der Waals surface area contributed by atoms with E-state index in [0.717, 1.165) is 17.1 Å². The number of likely N-dealkylation sites (N-methyl/N-ethyl adjacent to an activating group) is 1. The maximum Gasteiger partial charge on any atom is 0.236 e. The van der Waals surface area contributed by atoms with Crippen LogP contribution in [0.1, 0.15) is 29.9 Å². The number of amides is 2. The summed E-state index contributed by atoms with van der Waals surface area (Å²) in [6.45, 7) is 5.42. The first-order valence-electron chi connectivity index (χ1n) is 9.11. The first-order valence-corrected chi connectivity index (χ1v) is 9.11. The largest absolute Gasteiger partial charge is 0.466 e. The highest BCUT2D eigenvalue weighted by atomic mass is 16.3. The van der Waals surface area contributed by atoms with E-state index in [1.807, 2.05) is 48.0 Å². The average molecular weight is 370 g/mol. The number of aryl methyl sites for hydroxylation is 1. The van der Waals surface area contributed by atoms with Crippen LogP contribution in [-0.4, -0.2) is 59.3 Å². The molecule has 1 saturated heterocycles. The number of nitrogens with one attached hydrogen (secondary N) is 1. The highest BCUT2D eigenvalue weighted by molar-refractivity contribution is 5.79. The standard InChI is InChI=1S/C20H26N4O3/c1-14-4-5-19(27-14)17-11-24(12-18(17)22-15(2)25)20(26)13-23(3)10-16-6-8-21-9-7-16/h4-9,17-18H,10-13H2,1-3H3,(H,22,25). The van der Waals surface area contributed by atoms with Crippen LogP contribution in [0.3, 0.4) is 0 Å². The van der Waals surface area contributed by atoms with Crippen LogP contribution in [0.4, 0.5) is 0 Å². The summed E-state index contributed by atoms with van der Waals surface area (Å²) in [4.78, 5) is 32.2. The Morgan fingerprint density at radius 2 is 2.00 bits per heavy atom. The van der Waals surface area contributed by atoms with Gasteiger partial charge in [-0.2, -0.15) is 0 Å². The summed E-state index contributed by atoms with van der Waals surface area (Å²) in [7, 11) is 1.92. The van der Waals surface area contributed by atoms with Gasteiger partial charge in [0.05, 0.1) is 18.5 Å². The van der Waals surface area contributed by atoms with Crippen LogP contribution in [0.25, 0.3) is 0 Å². The summed E-state index contributed by atoms with van der Waals surface area (Å²) in [6.07, 6.45) is 3.50. The van der Waals surface area contributed by atoms with Gasteiger partial charge < -0.3 is 14.6 Å². The van der Waals surface area contributed by atoms with Crippen LogP contribution in [0.15, 0.2) is 41.1 Å². The minimum absolute atomic E-state index is 0.0305. The zero-order chi connectivity index (χ0) is 19.4. The quantitative estimate of drug-likeness (QED) is 0.835. The van der Waals surface area contributed by atoms with Crippen molar-refractivity contribution in [2.75, 3.05) is 26.7 Å². The molecule has 1 fully saturated rings. The van der Waals surface area contributed by atoms with Crippen LogP contribution < -0.4 is 5.32 Å². The third kappa shape index (κ3) is 4.95. The molecule has 2 aromatic rings. The van der Waals surface area contributed by atoms with Crippen LogP contribution in [-0.2, 0) is 16.1 Å². The number of furan rings is 1. The van der Waals surface area contributed by atoms with Gasteiger partial charge in [0.1, 0.15) is 11.5 Å². The fourth-order valence-electron chi connectivity index (χ4n) is 3.54. The molecule has 7 heteroatoms. The van der Waals surface area contributed by atoms with Gasteiger partial charge in [0, 0.05) is 39.0 Å². The van der Waals surface area contributed by atoms with Crippen molar-refractivity contribution in [1.82, 2.24) is 20.1 Å². The van der Waals surface area contributed by atoms with E-state index in [2.05, 4.69) is 10.3 Å². The molecule has 7 nitrogen and oxygen atoms in total. The van der Waals surface area contributed by atoms with Gasteiger partial charge >= 0.3 is 0 Å². The van der Waals surface area contributed by atoms with E-state index in [9.17, 15) is 9.59 Å². The average Bonchev–Trinajstić information content (AvgIpc) is 3.21.